The molecule has 0 unspecified atom stereocenters. The molecule has 9 nitrogen and oxygen atoms in total. The smallest absolute Gasteiger partial charge is 0.333 e. The van der Waals surface area contributed by atoms with Gasteiger partial charge in [0.25, 0.3) is 0 Å². The van der Waals surface area contributed by atoms with Crippen LogP contribution in [0.4, 0.5) is 0 Å². The maximum absolute atomic E-state index is 12.0. The minimum absolute atomic E-state index is 0.159. The van der Waals surface area contributed by atoms with E-state index in [1.54, 1.807) is 26.0 Å². The van der Waals surface area contributed by atoms with E-state index in [-0.39, 0.29) is 18.1 Å². The van der Waals surface area contributed by atoms with E-state index >= 15 is 0 Å². The highest BCUT2D eigenvalue weighted by molar-refractivity contribution is 5.87. The Bertz CT molecular complexity index is 718. The zero-order chi connectivity index (χ0) is 21.6. The van der Waals surface area contributed by atoms with Crippen molar-refractivity contribution >= 4 is 5.97 Å². The van der Waals surface area contributed by atoms with Crippen LogP contribution in [0.15, 0.2) is 29.8 Å². The molecule has 162 valence electrons. The van der Waals surface area contributed by atoms with Crippen molar-refractivity contribution in [2.24, 2.45) is 0 Å². The van der Waals surface area contributed by atoms with Gasteiger partial charge in [0, 0.05) is 5.57 Å². The molecule has 0 bridgehead atoms. The quantitative estimate of drug-likeness (QED) is 0.177. The second-order valence-electron chi connectivity index (χ2n) is 6.85. The molecule has 2 rings (SSSR count). The summed E-state index contributed by atoms with van der Waals surface area (Å²) in [5, 5.41) is 49.0. The Kier molecular flexibility index (Phi) is 8.42. The fourth-order valence-electron chi connectivity index (χ4n) is 2.86. The number of phenolic OH excluding ortho intramolecular Hbond substituents is 2. The van der Waals surface area contributed by atoms with E-state index in [1.807, 2.05) is 0 Å². The topological polar surface area (TPSA) is 146 Å². The van der Waals surface area contributed by atoms with Crippen molar-refractivity contribution in [2.75, 3.05) is 13.2 Å². The van der Waals surface area contributed by atoms with Crippen molar-refractivity contribution in [3.8, 4) is 11.5 Å². The van der Waals surface area contributed by atoms with Gasteiger partial charge in [-0.3, -0.25) is 0 Å². The lowest BCUT2D eigenvalue weighted by atomic mass is 9.99. The zero-order valence-electron chi connectivity index (χ0n) is 16.4. The van der Waals surface area contributed by atoms with Crippen molar-refractivity contribution in [3.63, 3.8) is 0 Å². The first-order chi connectivity index (χ1) is 13.8. The van der Waals surface area contributed by atoms with Crippen LogP contribution in [0, 0.1) is 0 Å². The lowest BCUT2D eigenvalue weighted by Crippen LogP contribution is -2.60. The summed E-state index contributed by atoms with van der Waals surface area (Å²) < 4.78 is 16.1. The molecule has 0 aliphatic carbocycles. The number of carbonyl (C=O) groups is 1. The summed E-state index contributed by atoms with van der Waals surface area (Å²) in [5.74, 6) is -1.11. The highest BCUT2D eigenvalue weighted by atomic mass is 16.7. The number of aromatic hydroxyl groups is 2. The summed E-state index contributed by atoms with van der Waals surface area (Å²) in [6.45, 7) is 2.81. The molecule has 29 heavy (non-hydrogen) atoms. The van der Waals surface area contributed by atoms with E-state index in [0.29, 0.717) is 18.4 Å². The van der Waals surface area contributed by atoms with Crippen molar-refractivity contribution in [1.82, 2.24) is 0 Å². The van der Waals surface area contributed by atoms with Crippen LogP contribution in [-0.4, -0.2) is 75.4 Å². The number of aliphatic hydroxyl groups is 3. The third-order valence-corrected chi connectivity index (χ3v) is 4.75. The second kappa shape index (κ2) is 10.6. The van der Waals surface area contributed by atoms with Crippen LogP contribution in [-0.2, 0) is 25.4 Å². The Morgan fingerprint density at radius 3 is 2.55 bits per heavy atom. The van der Waals surface area contributed by atoms with Gasteiger partial charge in [0.1, 0.15) is 18.3 Å². The predicted octanol–water partition coefficient (Wildman–Crippen LogP) is 0.364. The van der Waals surface area contributed by atoms with Crippen molar-refractivity contribution in [1.29, 1.82) is 0 Å². The van der Waals surface area contributed by atoms with Crippen LogP contribution in [0.25, 0.3) is 0 Å². The van der Waals surface area contributed by atoms with Gasteiger partial charge in [0.05, 0.1) is 13.2 Å². The van der Waals surface area contributed by atoms with E-state index in [1.165, 1.54) is 12.1 Å². The Hall–Kier alpha value is -2.17. The Morgan fingerprint density at radius 1 is 1.21 bits per heavy atom. The summed E-state index contributed by atoms with van der Waals surface area (Å²) in [4.78, 5) is 12.0. The van der Waals surface area contributed by atoms with Crippen LogP contribution in [0.2, 0.25) is 0 Å². The van der Waals surface area contributed by atoms with Crippen molar-refractivity contribution in [2.45, 2.75) is 57.4 Å². The van der Waals surface area contributed by atoms with Gasteiger partial charge in [-0.1, -0.05) is 12.1 Å². The third-order valence-electron chi connectivity index (χ3n) is 4.75. The first-order valence-corrected chi connectivity index (χ1v) is 9.37. The first kappa shape index (κ1) is 23.1. The number of aryl methyl sites for hydroxylation is 1. The molecule has 1 aromatic rings. The molecule has 0 spiro atoms. The molecule has 1 aliphatic heterocycles. The normalized spacial score (nSPS) is 27.6. The number of allylic oxidation sites excluding steroid dienone is 1. The van der Waals surface area contributed by atoms with Gasteiger partial charge in [0.15, 0.2) is 23.9 Å². The van der Waals surface area contributed by atoms with Crippen LogP contribution >= 0.6 is 0 Å². The molecule has 9 heteroatoms. The third kappa shape index (κ3) is 5.91. The van der Waals surface area contributed by atoms with Gasteiger partial charge >= 0.3 is 5.97 Å². The molecular weight excluding hydrogens is 384 g/mol. The number of esters is 1. The molecule has 1 aromatic carbocycles. The summed E-state index contributed by atoms with van der Waals surface area (Å²) in [6, 6.07) is 4.50. The number of phenols is 2. The summed E-state index contributed by atoms with van der Waals surface area (Å²) in [6.07, 6.45) is -3.88. The van der Waals surface area contributed by atoms with Gasteiger partial charge in [-0.25, -0.2) is 4.79 Å². The fourth-order valence-corrected chi connectivity index (χ4v) is 2.86. The molecular formula is C20H28O9. The molecule has 5 N–H and O–H groups in total. The number of benzene rings is 1. The SMILES string of the molecule is CC=C(C)C(=O)O[C@@H]1[C@@H](O)[C@H](OCCCc2ccc(O)c(O)c2)O[C@H](CO)[C@H]1O. The second-order valence-corrected chi connectivity index (χ2v) is 6.85. The Labute approximate surface area is 168 Å². The Morgan fingerprint density at radius 2 is 1.93 bits per heavy atom. The van der Waals surface area contributed by atoms with Crippen LogP contribution < -0.4 is 0 Å². The van der Waals surface area contributed by atoms with Gasteiger partial charge in [-0.05, 0) is 44.4 Å². The van der Waals surface area contributed by atoms with Crippen LogP contribution in [0.3, 0.4) is 0 Å². The number of hydrogen-bond acceptors (Lipinski definition) is 9. The van der Waals surface area contributed by atoms with Gasteiger partial charge in [-0.2, -0.15) is 0 Å². The van der Waals surface area contributed by atoms with Gasteiger partial charge < -0.3 is 39.7 Å². The lowest BCUT2D eigenvalue weighted by Gasteiger charge is -2.41. The summed E-state index contributed by atoms with van der Waals surface area (Å²) in [7, 11) is 0. The first-order valence-electron chi connectivity index (χ1n) is 9.37. The molecule has 1 fully saturated rings. The predicted molar refractivity (Wildman–Crippen MR) is 101 cm³/mol. The molecule has 1 saturated heterocycles. The van der Waals surface area contributed by atoms with E-state index in [9.17, 15) is 30.3 Å². The van der Waals surface area contributed by atoms with Crippen LogP contribution in [0.5, 0.6) is 11.5 Å². The lowest BCUT2D eigenvalue weighted by molar-refractivity contribution is -0.302. The molecule has 1 aliphatic rings. The van der Waals surface area contributed by atoms with Crippen LogP contribution in [0.1, 0.15) is 25.8 Å². The number of hydrogen-bond donors (Lipinski definition) is 5. The molecule has 5 atom stereocenters. The minimum Gasteiger partial charge on any atom is -0.504 e. The van der Waals surface area contributed by atoms with E-state index < -0.39 is 43.3 Å². The summed E-state index contributed by atoms with van der Waals surface area (Å²) >= 11 is 0. The maximum Gasteiger partial charge on any atom is 0.333 e. The minimum atomic E-state index is -1.45. The average Bonchev–Trinajstić information content (AvgIpc) is 2.71. The largest absolute Gasteiger partial charge is 0.504 e. The average molecular weight is 412 g/mol. The zero-order valence-corrected chi connectivity index (χ0v) is 16.4. The van der Waals surface area contributed by atoms with E-state index in [2.05, 4.69) is 0 Å². The standard InChI is InChI=1S/C20H28O9/c1-3-11(2)19(26)29-18-16(24)15(10-21)28-20(17(18)25)27-8-4-5-12-6-7-13(22)14(23)9-12/h3,6-7,9,15-18,20-25H,4-5,8,10H2,1-2H3/t15-,16-,17-,18+,20-/m1/s1. The molecule has 0 amide bonds. The van der Waals surface area contributed by atoms with E-state index in [4.69, 9.17) is 14.2 Å². The molecule has 0 saturated carbocycles. The van der Waals surface area contributed by atoms with Gasteiger partial charge in [-0.15, -0.1) is 0 Å². The molecule has 1 heterocycles. The van der Waals surface area contributed by atoms with Gasteiger partial charge in [0.2, 0.25) is 0 Å². The number of rotatable bonds is 8. The highest BCUT2D eigenvalue weighted by Gasteiger charge is 2.47. The van der Waals surface area contributed by atoms with Crippen molar-refractivity contribution in [3.05, 3.63) is 35.4 Å². The fraction of sp³-hybridized carbons (Fsp3) is 0.550. The van der Waals surface area contributed by atoms with Crippen molar-refractivity contribution < 1.29 is 44.5 Å². The molecule has 0 radical (unpaired) electrons. The summed E-state index contributed by atoms with van der Waals surface area (Å²) in [5.41, 5.74) is 1.09. The number of aliphatic hydroxyl groups excluding tert-OH is 3. The Balaban J connectivity index is 1.94. The maximum atomic E-state index is 12.0. The molecule has 0 aromatic heterocycles. The highest BCUT2D eigenvalue weighted by Crippen LogP contribution is 2.27. The number of carbonyl (C=O) groups excluding carboxylic acids is 1. The number of ether oxygens (including phenoxy) is 3. The van der Waals surface area contributed by atoms with E-state index in [0.717, 1.165) is 5.56 Å². The monoisotopic (exact) mass is 412 g/mol.